The number of hydrogen-bond donors (Lipinski definition) is 0. The zero-order valence-corrected chi connectivity index (χ0v) is 19.8. The number of ether oxygens (including phenoxy) is 2. The number of carbonyl (C=O) groups excluding carboxylic acids is 1. The monoisotopic (exact) mass is 409 g/mol. The predicted octanol–water partition coefficient (Wildman–Crippen LogP) is 3.74. The van der Waals surface area contributed by atoms with Gasteiger partial charge in [0.1, 0.15) is 6.61 Å². The molecule has 3 aliphatic heterocycles. The van der Waals surface area contributed by atoms with Crippen LogP contribution in [0.1, 0.15) is 74.1 Å². The number of piperazine rings is 1. The standard InChI is InChI=1S/C23H43N3O3/c1-18-15-24(21(2,3)4)13-14-25(18)20(27)28-16-19-9-11-23(10-8-12-26(19)23)17-29-22(5,6)7/h18-19H,8-17H2,1-7H3. The van der Waals surface area contributed by atoms with Crippen LogP contribution in [0.4, 0.5) is 4.79 Å². The fourth-order valence-corrected chi connectivity index (χ4v) is 5.23. The van der Waals surface area contributed by atoms with Crippen LogP contribution in [0.3, 0.4) is 0 Å². The van der Waals surface area contributed by atoms with Crippen molar-refractivity contribution in [3.63, 3.8) is 0 Å². The third kappa shape index (κ3) is 5.26. The molecule has 3 rings (SSSR count). The Labute approximate surface area is 177 Å². The summed E-state index contributed by atoms with van der Waals surface area (Å²) >= 11 is 0. The molecule has 3 atom stereocenters. The minimum absolute atomic E-state index is 0.112. The summed E-state index contributed by atoms with van der Waals surface area (Å²) in [6.07, 6.45) is 4.50. The van der Waals surface area contributed by atoms with Crippen LogP contribution in [-0.4, -0.2) is 88.9 Å². The highest BCUT2D eigenvalue weighted by molar-refractivity contribution is 5.68. The highest BCUT2D eigenvalue weighted by Crippen LogP contribution is 2.43. The second kappa shape index (κ2) is 8.35. The van der Waals surface area contributed by atoms with E-state index in [1.165, 1.54) is 12.8 Å². The molecule has 6 heteroatoms. The summed E-state index contributed by atoms with van der Waals surface area (Å²) in [6.45, 7) is 20.1. The molecule has 0 aromatic rings. The summed E-state index contributed by atoms with van der Waals surface area (Å²) in [5.41, 5.74) is 0.178. The van der Waals surface area contributed by atoms with Gasteiger partial charge in [-0.25, -0.2) is 4.79 Å². The number of hydrogen-bond acceptors (Lipinski definition) is 5. The summed E-state index contributed by atoms with van der Waals surface area (Å²) in [7, 11) is 0. The van der Waals surface area contributed by atoms with Crippen LogP contribution in [-0.2, 0) is 9.47 Å². The average molecular weight is 410 g/mol. The lowest BCUT2D eigenvalue weighted by atomic mass is 9.95. The van der Waals surface area contributed by atoms with Gasteiger partial charge in [0, 0.05) is 42.8 Å². The van der Waals surface area contributed by atoms with Gasteiger partial charge in [-0.3, -0.25) is 9.80 Å². The first-order valence-electron chi connectivity index (χ1n) is 11.5. The number of rotatable bonds is 4. The number of amides is 1. The topological polar surface area (TPSA) is 45.3 Å². The highest BCUT2D eigenvalue weighted by atomic mass is 16.6. The smallest absolute Gasteiger partial charge is 0.410 e. The molecule has 0 aromatic carbocycles. The van der Waals surface area contributed by atoms with Crippen molar-refractivity contribution in [2.45, 2.75) is 103 Å². The molecule has 0 radical (unpaired) electrons. The van der Waals surface area contributed by atoms with Gasteiger partial charge < -0.3 is 14.4 Å². The van der Waals surface area contributed by atoms with Gasteiger partial charge in [-0.1, -0.05) is 0 Å². The Morgan fingerprint density at radius 3 is 2.41 bits per heavy atom. The van der Waals surface area contributed by atoms with E-state index >= 15 is 0 Å². The lowest BCUT2D eigenvalue weighted by Crippen LogP contribution is -2.58. The van der Waals surface area contributed by atoms with Gasteiger partial charge in [-0.05, 0) is 80.7 Å². The fraction of sp³-hybridized carbons (Fsp3) is 0.957. The molecule has 0 saturated carbocycles. The van der Waals surface area contributed by atoms with Crippen LogP contribution in [0.5, 0.6) is 0 Å². The minimum Gasteiger partial charge on any atom is -0.448 e. The van der Waals surface area contributed by atoms with Crippen molar-refractivity contribution >= 4 is 6.09 Å². The molecule has 29 heavy (non-hydrogen) atoms. The summed E-state index contributed by atoms with van der Waals surface area (Å²) < 4.78 is 12.0. The first-order chi connectivity index (χ1) is 13.4. The van der Waals surface area contributed by atoms with Crippen molar-refractivity contribution in [3.05, 3.63) is 0 Å². The Bertz CT molecular complexity index is 583. The number of nitrogens with zero attached hydrogens (tertiary/aromatic N) is 3. The lowest BCUT2D eigenvalue weighted by molar-refractivity contribution is -0.0599. The molecule has 3 heterocycles. The number of carbonyl (C=O) groups is 1. The van der Waals surface area contributed by atoms with Crippen LogP contribution in [0.25, 0.3) is 0 Å². The van der Waals surface area contributed by atoms with E-state index < -0.39 is 0 Å². The molecule has 0 spiro atoms. The van der Waals surface area contributed by atoms with E-state index in [9.17, 15) is 4.79 Å². The third-order valence-corrected chi connectivity index (χ3v) is 7.02. The minimum atomic E-state index is -0.145. The fourth-order valence-electron chi connectivity index (χ4n) is 5.23. The molecule has 168 valence electrons. The van der Waals surface area contributed by atoms with Crippen LogP contribution in [0.2, 0.25) is 0 Å². The molecule has 3 fully saturated rings. The highest BCUT2D eigenvalue weighted by Gasteiger charge is 2.50. The van der Waals surface area contributed by atoms with Gasteiger partial charge in [-0.15, -0.1) is 0 Å². The molecule has 6 nitrogen and oxygen atoms in total. The zero-order valence-electron chi connectivity index (χ0n) is 19.8. The van der Waals surface area contributed by atoms with E-state index in [1.807, 2.05) is 4.90 Å². The second-order valence-corrected chi connectivity index (χ2v) is 11.4. The van der Waals surface area contributed by atoms with E-state index in [0.717, 1.165) is 45.6 Å². The molecular formula is C23H43N3O3. The Hall–Kier alpha value is -0.850. The van der Waals surface area contributed by atoms with E-state index in [-0.39, 0.29) is 28.8 Å². The average Bonchev–Trinajstić information content (AvgIpc) is 3.16. The van der Waals surface area contributed by atoms with Crippen molar-refractivity contribution in [3.8, 4) is 0 Å². The maximum absolute atomic E-state index is 12.8. The van der Waals surface area contributed by atoms with Gasteiger partial charge in [0.15, 0.2) is 0 Å². The summed E-state index contributed by atoms with van der Waals surface area (Å²) in [5.74, 6) is 0. The van der Waals surface area contributed by atoms with E-state index in [2.05, 4.69) is 58.3 Å². The molecule has 3 unspecified atom stereocenters. The quantitative estimate of drug-likeness (QED) is 0.708. The molecule has 3 saturated heterocycles. The first kappa shape index (κ1) is 22.8. The van der Waals surface area contributed by atoms with Crippen LogP contribution in [0, 0.1) is 0 Å². The lowest BCUT2D eigenvalue weighted by Gasteiger charge is -2.45. The van der Waals surface area contributed by atoms with Gasteiger partial charge in [-0.2, -0.15) is 0 Å². The van der Waals surface area contributed by atoms with Gasteiger partial charge >= 0.3 is 6.09 Å². The SMILES string of the molecule is CC1CN(C(C)(C)C)CCN1C(=O)OCC1CCC2(COC(C)(C)C)CCCN12. The maximum atomic E-state index is 12.8. The Morgan fingerprint density at radius 2 is 1.79 bits per heavy atom. The largest absolute Gasteiger partial charge is 0.448 e. The zero-order chi connectivity index (χ0) is 21.4. The summed E-state index contributed by atoms with van der Waals surface area (Å²) in [6, 6.07) is 0.515. The van der Waals surface area contributed by atoms with Crippen molar-refractivity contribution < 1.29 is 14.3 Å². The molecule has 1 amide bonds. The molecule has 0 N–H and O–H groups in total. The molecule has 0 aromatic heterocycles. The van der Waals surface area contributed by atoms with Crippen LogP contribution < -0.4 is 0 Å². The normalized spacial score (nSPS) is 31.9. The van der Waals surface area contributed by atoms with E-state index in [0.29, 0.717) is 12.6 Å². The summed E-state index contributed by atoms with van der Waals surface area (Å²) in [5, 5.41) is 0. The third-order valence-electron chi connectivity index (χ3n) is 7.02. The summed E-state index contributed by atoms with van der Waals surface area (Å²) in [4.78, 5) is 19.7. The van der Waals surface area contributed by atoms with E-state index in [4.69, 9.17) is 9.47 Å². The Kier molecular flexibility index (Phi) is 6.57. The Balaban J connectivity index is 1.51. The van der Waals surface area contributed by atoms with Gasteiger partial charge in [0.05, 0.1) is 12.2 Å². The van der Waals surface area contributed by atoms with Crippen LogP contribution >= 0.6 is 0 Å². The van der Waals surface area contributed by atoms with Crippen molar-refractivity contribution in [2.75, 3.05) is 39.4 Å². The van der Waals surface area contributed by atoms with Crippen molar-refractivity contribution in [2.24, 2.45) is 0 Å². The molecule has 0 bridgehead atoms. The first-order valence-corrected chi connectivity index (χ1v) is 11.5. The van der Waals surface area contributed by atoms with Crippen LogP contribution in [0.15, 0.2) is 0 Å². The predicted molar refractivity (Wildman–Crippen MR) is 116 cm³/mol. The van der Waals surface area contributed by atoms with Crippen molar-refractivity contribution in [1.82, 2.24) is 14.7 Å². The number of fused-ring (bicyclic) bond motifs is 1. The van der Waals surface area contributed by atoms with Crippen molar-refractivity contribution in [1.29, 1.82) is 0 Å². The van der Waals surface area contributed by atoms with Gasteiger partial charge in [0.2, 0.25) is 0 Å². The molecule has 0 aliphatic carbocycles. The maximum Gasteiger partial charge on any atom is 0.410 e. The Morgan fingerprint density at radius 1 is 1.07 bits per heavy atom. The molecular weight excluding hydrogens is 366 g/mol. The van der Waals surface area contributed by atoms with Gasteiger partial charge in [0.25, 0.3) is 0 Å². The van der Waals surface area contributed by atoms with E-state index in [1.54, 1.807) is 0 Å². The molecule has 3 aliphatic rings. The second-order valence-electron chi connectivity index (χ2n) is 11.4.